The number of rotatable bonds is 4. The molecule has 1 fully saturated rings. The lowest BCUT2D eigenvalue weighted by atomic mass is 9.76. The second-order valence-electron chi connectivity index (χ2n) is 4.23. The van der Waals surface area contributed by atoms with Crippen molar-refractivity contribution in [3.05, 3.63) is 6.08 Å². The predicted molar refractivity (Wildman–Crippen MR) is 66.0 cm³/mol. The third-order valence-corrected chi connectivity index (χ3v) is 4.33. The van der Waals surface area contributed by atoms with E-state index in [2.05, 4.69) is 11.9 Å². The molecule has 0 spiro atoms. The monoisotopic (exact) mass is 226 g/mol. The normalized spacial score (nSPS) is 21.5. The highest BCUT2D eigenvalue weighted by Gasteiger charge is 2.36. The Labute approximate surface area is 93.2 Å². The Balaban J connectivity index is 2.77. The van der Waals surface area contributed by atoms with Gasteiger partial charge in [-0.05, 0) is 46.1 Å². The average molecular weight is 226 g/mol. The zero-order valence-electron chi connectivity index (χ0n) is 9.47. The lowest BCUT2D eigenvalue weighted by Gasteiger charge is -2.40. The van der Waals surface area contributed by atoms with Crippen molar-refractivity contribution in [2.75, 3.05) is 26.8 Å². The van der Waals surface area contributed by atoms with Gasteiger partial charge in [0.15, 0.2) is 0 Å². The average Bonchev–Trinajstić information content (AvgIpc) is 2.28. The van der Waals surface area contributed by atoms with Crippen LogP contribution in [0.4, 0.5) is 0 Å². The third-order valence-electron chi connectivity index (χ3n) is 3.30. The van der Waals surface area contributed by atoms with Gasteiger partial charge in [0.1, 0.15) is 5.94 Å². The molecule has 84 valence electrons. The van der Waals surface area contributed by atoms with Gasteiger partial charge in [-0.25, -0.2) is 4.79 Å². The maximum atomic E-state index is 10.3. The first-order chi connectivity index (χ1) is 7.14. The highest BCUT2D eigenvalue weighted by molar-refractivity contribution is 7.57. The van der Waals surface area contributed by atoms with Gasteiger partial charge >= 0.3 is 0 Å². The van der Waals surface area contributed by atoms with Gasteiger partial charge in [-0.3, -0.25) is 0 Å². The summed E-state index contributed by atoms with van der Waals surface area (Å²) in [5.41, 5.74) is 0.777. The highest BCUT2D eigenvalue weighted by Crippen LogP contribution is 2.40. The number of hydrogen-bond donors (Lipinski definition) is 1. The van der Waals surface area contributed by atoms with Crippen molar-refractivity contribution in [2.24, 2.45) is 5.41 Å². The second kappa shape index (κ2) is 5.55. The number of allylic oxidation sites excluding steroid dienone is 1. The number of nitrogens with one attached hydrogen (secondary N) is 1. The van der Waals surface area contributed by atoms with E-state index in [1.807, 2.05) is 12.6 Å². The number of likely N-dealkylation sites (tertiary alicyclic amines) is 1. The molecule has 0 radical (unpaired) electrons. The van der Waals surface area contributed by atoms with Crippen LogP contribution in [0.2, 0.25) is 0 Å². The van der Waals surface area contributed by atoms with Gasteiger partial charge in [0, 0.05) is 16.9 Å². The van der Waals surface area contributed by atoms with Crippen molar-refractivity contribution in [3.8, 4) is 0 Å². The number of hydrogen-bond acceptors (Lipinski definition) is 3. The molecule has 1 unspecified atom stereocenters. The summed E-state index contributed by atoms with van der Waals surface area (Å²) in [6.07, 6.45) is 4.26. The quantitative estimate of drug-likeness (QED) is 0.451. The standard InChI is InChI=1S/C11H19N2OP/c1-13-7-5-11(6-8-13,4-3-9-14)10(12)15-2/h3,12,15H,4-8H2,1-2H3. The van der Waals surface area contributed by atoms with Gasteiger partial charge in [0.25, 0.3) is 0 Å². The zero-order valence-corrected chi connectivity index (χ0v) is 10.5. The lowest BCUT2D eigenvalue weighted by Crippen LogP contribution is -2.41. The SMILES string of the molecule is CPC(=N)C1(CC=C=O)CCN(C)CC1. The fraction of sp³-hybridized carbons (Fsp3) is 0.727. The summed E-state index contributed by atoms with van der Waals surface area (Å²) in [6, 6.07) is 0. The van der Waals surface area contributed by atoms with E-state index in [0.717, 1.165) is 31.4 Å². The summed E-state index contributed by atoms with van der Waals surface area (Å²) in [6.45, 7) is 4.10. The van der Waals surface area contributed by atoms with Crippen LogP contribution in [0.1, 0.15) is 19.3 Å². The van der Waals surface area contributed by atoms with Gasteiger partial charge in [0.2, 0.25) is 0 Å². The molecule has 1 heterocycles. The minimum atomic E-state index is -0.0445. The molecule has 1 saturated heterocycles. The smallest absolute Gasteiger partial charge is 0.120 e. The van der Waals surface area contributed by atoms with E-state index in [1.54, 1.807) is 6.08 Å². The molecular formula is C11H19N2OP. The Hall–Kier alpha value is -0.490. The summed E-state index contributed by atoms with van der Waals surface area (Å²) in [7, 11) is 2.66. The largest absolute Gasteiger partial charge is 0.306 e. The molecule has 0 aromatic carbocycles. The molecule has 15 heavy (non-hydrogen) atoms. The van der Waals surface area contributed by atoms with Crippen LogP contribution in [0.3, 0.4) is 0 Å². The van der Waals surface area contributed by atoms with E-state index >= 15 is 0 Å². The maximum Gasteiger partial charge on any atom is 0.120 e. The highest BCUT2D eigenvalue weighted by atomic mass is 31.1. The van der Waals surface area contributed by atoms with Gasteiger partial charge in [0.05, 0.1) is 0 Å². The maximum absolute atomic E-state index is 10.3. The van der Waals surface area contributed by atoms with Crippen molar-refractivity contribution in [3.63, 3.8) is 0 Å². The van der Waals surface area contributed by atoms with Crippen LogP contribution in [-0.2, 0) is 4.79 Å². The second-order valence-corrected chi connectivity index (χ2v) is 5.23. The first-order valence-electron chi connectivity index (χ1n) is 5.29. The Bertz CT molecular complexity index is 276. The first kappa shape index (κ1) is 12.6. The van der Waals surface area contributed by atoms with E-state index in [9.17, 15) is 4.79 Å². The Morgan fingerprint density at radius 2 is 2.20 bits per heavy atom. The van der Waals surface area contributed by atoms with Crippen LogP contribution >= 0.6 is 8.58 Å². The summed E-state index contributed by atoms with van der Waals surface area (Å²) in [4.78, 5) is 12.6. The summed E-state index contributed by atoms with van der Waals surface area (Å²) in [5.74, 6) is 1.85. The lowest BCUT2D eigenvalue weighted by molar-refractivity contribution is 0.184. The first-order valence-corrected chi connectivity index (χ1v) is 6.79. The molecule has 1 aliphatic heterocycles. The molecule has 0 amide bonds. The molecule has 1 aliphatic rings. The van der Waals surface area contributed by atoms with Crippen molar-refractivity contribution in [2.45, 2.75) is 19.3 Å². The molecule has 0 aromatic rings. The van der Waals surface area contributed by atoms with Crippen LogP contribution in [0, 0.1) is 10.8 Å². The molecule has 0 bridgehead atoms. The van der Waals surface area contributed by atoms with Gasteiger partial charge < -0.3 is 10.3 Å². The van der Waals surface area contributed by atoms with Gasteiger partial charge in [-0.1, -0.05) is 8.58 Å². The molecule has 1 N–H and O–H groups in total. The molecular weight excluding hydrogens is 207 g/mol. The van der Waals surface area contributed by atoms with Crippen LogP contribution < -0.4 is 0 Å². The van der Waals surface area contributed by atoms with Gasteiger partial charge in [-0.15, -0.1) is 0 Å². The number of piperidine rings is 1. The summed E-state index contributed by atoms with van der Waals surface area (Å²) >= 11 is 0. The Morgan fingerprint density at radius 1 is 1.60 bits per heavy atom. The number of nitrogens with zero attached hydrogens (tertiary/aromatic N) is 1. The van der Waals surface area contributed by atoms with E-state index in [-0.39, 0.29) is 5.41 Å². The fourth-order valence-electron chi connectivity index (χ4n) is 2.10. The molecule has 3 nitrogen and oxygen atoms in total. The van der Waals surface area contributed by atoms with E-state index in [0.29, 0.717) is 15.0 Å². The third kappa shape index (κ3) is 2.98. The predicted octanol–water partition coefficient (Wildman–Crippen LogP) is 1.76. The molecule has 1 atom stereocenters. The molecule has 1 rings (SSSR count). The van der Waals surface area contributed by atoms with Crippen LogP contribution in [0.25, 0.3) is 0 Å². The van der Waals surface area contributed by atoms with Gasteiger partial charge in [-0.2, -0.15) is 0 Å². The van der Waals surface area contributed by atoms with Crippen LogP contribution in [0.15, 0.2) is 6.08 Å². The zero-order chi connectivity index (χ0) is 11.3. The van der Waals surface area contributed by atoms with E-state index in [4.69, 9.17) is 5.41 Å². The fourth-order valence-corrected chi connectivity index (χ4v) is 2.99. The van der Waals surface area contributed by atoms with Crippen molar-refractivity contribution in [1.29, 1.82) is 5.41 Å². The van der Waals surface area contributed by atoms with Crippen molar-refractivity contribution in [1.82, 2.24) is 4.90 Å². The summed E-state index contributed by atoms with van der Waals surface area (Å²) in [5, 5.41) is 8.07. The van der Waals surface area contributed by atoms with Crippen LogP contribution in [-0.4, -0.2) is 43.1 Å². The van der Waals surface area contributed by atoms with E-state index < -0.39 is 0 Å². The minimum Gasteiger partial charge on any atom is -0.306 e. The van der Waals surface area contributed by atoms with Crippen molar-refractivity contribution < 1.29 is 4.79 Å². The topological polar surface area (TPSA) is 44.2 Å². The van der Waals surface area contributed by atoms with Crippen LogP contribution in [0.5, 0.6) is 0 Å². The Kier molecular flexibility index (Phi) is 4.66. The Morgan fingerprint density at radius 3 is 2.67 bits per heavy atom. The molecule has 0 aromatic heterocycles. The van der Waals surface area contributed by atoms with E-state index in [1.165, 1.54) is 0 Å². The number of carbonyl (C=O) groups excluding carboxylic acids is 1. The molecule has 0 saturated carbocycles. The minimum absolute atomic E-state index is 0.0445. The van der Waals surface area contributed by atoms with Crippen molar-refractivity contribution >= 4 is 20.0 Å². The molecule has 4 heteroatoms. The molecule has 0 aliphatic carbocycles. The summed E-state index contributed by atoms with van der Waals surface area (Å²) < 4.78 is 0.